The fraction of sp³-hybridized carbons (Fsp3) is 0.400. The minimum Gasteiger partial charge on any atom is -0.365 e. The first-order valence-corrected chi connectivity index (χ1v) is 4.83. The Morgan fingerprint density at radius 2 is 2.36 bits per heavy atom. The predicted molar refractivity (Wildman–Crippen MR) is 53.0 cm³/mol. The summed E-state index contributed by atoms with van der Waals surface area (Å²) in [6, 6.07) is 0. The van der Waals surface area contributed by atoms with E-state index in [0.717, 1.165) is 25.2 Å². The standard InChI is InChI=1S/C10H12N4/c1-14-6-13-10-8(14)3-2-7-4-11-5-12-9(7)10/h4-5,13H,2-3,6H2,1H3. The number of nitrogens with zero attached hydrogens (tertiary/aromatic N) is 3. The molecule has 0 unspecified atom stereocenters. The molecule has 4 nitrogen and oxygen atoms in total. The molecule has 0 saturated carbocycles. The Bertz CT molecular complexity index is 410. The second-order valence-corrected chi connectivity index (χ2v) is 3.75. The van der Waals surface area contributed by atoms with E-state index >= 15 is 0 Å². The van der Waals surface area contributed by atoms with Crippen LogP contribution in [0.15, 0.2) is 18.2 Å². The lowest BCUT2D eigenvalue weighted by Gasteiger charge is -2.19. The lowest BCUT2D eigenvalue weighted by atomic mass is 9.99. The quantitative estimate of drug-likeness (QED) is 0.646. The number of fused-ring (bicyclic) bond motifs is 2. The Balaban J connectivity index is 2.16. The third kappa shape index (κ3) is 0.937. The van der Waals surface area contributed by atoms with E-state index in [1.54, 1.807) is 6.33 Å². The SMILES string of the molecule is CN1CNC2=C1CCc1cncnc12. The summed E-state index contributed by atoms with van der Waals surface area (Å²) in [4.78, 5) is 10.6. The molecule has 14 heavy (non-hydrogen) atoms. The molecule has 0 spiro atoms. The highest BCUT2D eigenvalue weighted by molar-refractivity contribution is 5.69. The molecule has 0 amide bonds. The van der Waals surface area contributed by atoms with E-state index in [1.807, 2.05) is 6.20 Å². The van der Waals surface area contributed by atoms with E-state index < -0.39 is 0 Å². The summed E-state index contributed by atoms with van der Waals surface area (Å²) in [5, 5.41) is 3.38. The van der Waals surface area contributed by atoms with Crippen molar-refractivity contribution in [3.8, 4) is 0 Å². The molecule has 0 radical (unpaired) electrons. The molecule has 1 aromatic rings. The highest BCUT2D eigenvalue weighted by Crippen LogP contribution is 2.31. The van der Waals surface area contributed by atoms with Gasteiger partial charge >= 0.3 is 0 Å². The minimum absolute atomic E-state index is 0.897. The minimum atomic E-state index is 0.897. The fourth-order valence-corrected chi connectivity index (χ4v) is 2.14. The first-order chi connectivity index (χ1) is 6.86. The third-order valence-electron chi connectivity index (χ3n) is 2.90. The molecule has 0 fully saturated rings. The molecule has 3 rings (SSSR count). The van der Waals surface area contributed by atoms with Crippen LogP contribution < -0.4 is 5.32 Å². The van der Waals surface area contributed by atoms with Crippen LogP contribution in [0.25, 0.3) is 5.70 Å². The molecule has 0 bridgehead atoms. The van der Waals surface area contributed by atoms with E-state index in [2.05, 4.69) is 27.2 Å². The van der Waals surface area contributed by atoms with Crippen molar-refractivity contribution < 1.29 is 0 Å². The molecule has 1 aliphatic carbocycles. The van der Waals surface area contributed by atoms with Crippen molar-refractivity contribution in [2.75, 3.05) is 13.7 Å². The highest BCUT2D eigenvalue weighted by atomic mass is 15.3. The number of allylic oxidation sites excluding steroid dienone is 1. The van der Waals surface area contributed by atoms with Crippen molar-refractivity contribution in [1.29, 1.82) is 0 Å². The lowest BCUT2D eigenvalue weighted by molar-refractivity contribution is 0.426. The second kappa shape index (κ2) is 2.70. The molecule has 0 saturated heterocycles. The lowest BCUT2D eigenvalue weighted by Crippen LogP contribution is -2.18. The van der Waals surface area contributed by atoms with Gasteiger partial charge in [-0.25, -0.2) is 9.97 Å². The van der Waals surface area contributed by atoms with Crippen LogP contribution in [-0.2, 0) is 6.42 Å². The summed E-state index contributed by atoms with van der Waals surface area (Å²) in [5.41, 5.74) is 4.94. The van der Waals surface area contributed by atoms with Gasteiger partial charge in [0.15, 0.2) is 0 Å². The van der Waals surface area contributed by atoms with Gasteiger partial charge in [0.1, 0.15) is 6.33 Å². The first kappa shape index (κ1) is 7.79. The molecule has 1 aromatic heterocycles. The maximum absolute atomic E-state index is 4.34. The predicted octanol–water partition coefficient (Wildman–Crippen LogP) is 0.584. The van der Waals surface area contributed by atoms with E-state index in [9.17, 15) is 0 Å². The summed E-state index contributed by atoms with van der Waals surface area (Å²) < 4.78 is 0. The van der Waals surface area contributed by atoms with Gasteiger partial charge < -0.3 is 10.2 Å². The molecule has 2 aliphatic rings. The van der Waals surface area contributed by atoms with Gasteiger partial charge in [-0.2, -0.15) is 0 Å². The Kier molecular flexibility index (Phi) is 1.50. The summed E-state index contributed by atoms with van der Waals surface area (Å²) in [7, 11) is 2.11. The van der Waals surface area contributed by atoms with Gasteiger partial charge in [-0.15, -0.1) is 0 Å². The van der Waals surface area contributed by atoms with Crippen molar-refractivity contribution in [2.45, 2.75) is 12.8 Å². The van der Waals surface area contributed by atoms with Crippen LogP contribution >= 0.6 is 0 Å². The zero-order valence-electron chi connectivity index (χ0n) is 8.12. The van der Waals surface area contributed by atoms with E-state index in [1.165, 1.54) is 17.0 Å². The molecular weight excluding hydrogens is 176 g/mol. The number of hydrogen-bond donors (Lipinski definition) is 1. The molecule has 1 N–H and O–H groups in total. The second-order valence-electron chi connectivity index (χ2n) is 3.75. The van der Waals surface area contributed by atoms with Gasteiger partial charge in [0.25, 0.3) is 0 Å². The molecule has 1 aliphatic heterocycles. The summed E-state index contributed by atoms with van der Waals surface area (Å²) in [5.74, 6) is 0. The number of hydrogen-bond acceptors (Lipinski definition) is 4. The zero-order valence-corrected chi connectivity index (χ0v) is 8.12. The van der Waals surface area contributed by atoms with E-state index in [0.29, 0.717) is 0 Å². The largest absolute Gasteiger partial charge is 0.365 e. The van der Waals surface area contributed by atoms with E-state index in [-0.39, 0.29) is 0 Å². The van der Waals surface area contributed by atoms with Crippen LogP contribution in [0.3, 0.4) is 0 Å². The third-order valence-corrected chi connectivity index (χ3v) is 2.90. The number of aromatic nitrogens is 2. The maximum atomic E-state index is 4.34. The molecular formula is C10H12N4. The molecule has 0 atom stereocenters. The van der Waals surface area contributed by atoms with Gasteiger partial charge in [0, 0.05) is 18.9 Å². The van der Waals surface area contributed by atoms with Gasteiger partial charge in [0.2, 0.25) is 0 Å². The maximum Gasteiger partial charge on any atom is 0.116 e. The van der Waals surface area contributed by atoms with Crippen LogP contribution in [0, 0.1) is 0 Å². The van der Waals surface area contributed by atoms with Crippen LogP contribution in [0.5, 0.6) is 0 Å². The fourth-order valence-electron chi connectivity index (χ4n) is 2.14. The summed E-state index contributed by atoms with van der Waals surface area (Å²) in [6.45, 7) is 0.897. The smallest absolute Gasteiger partial charge is 0.116 e. The van der Waals surface area contributed by atoms with Gasteiger partial charge in [-0.1, -0.05) is 0 Å². The Labute approximate surface area is 82.7 Å². The molecule has 72 valence electrons. The number of rotatable bonds is 0. The average Bonchev–Trinajstić information content (AvgIpc) is 2.61. The van der Waals surface area contributed by atoms with Crippen molar-refractivity contribution in [3.63, 3.8) is 0 Å². The Morgan fingerprint density at radius 3 is 3.29 bits per heavy atom. The molecule has 2 heterocycles. The topological polar surface area (TPSA) is 41.0 Å². The normalized spacial score (nSPS) is 19.1. The van der Waals surface area contributed by atoms with Crippen molar-refractivity contribution in [1.82, 2.24) is 20.2 Å². The van der Waals surface area contributed by atoms with Gasteiger partial charge in [-0.3, -0.25) is 0 Å². The first-order valence-electron chi connectivity index (χ1n) is 4.83. The highest BCUT2D eigenvalue weighted by Gasteiger charge is 2.26. The Hall–Kier alpha value is -1.58. The number of nitrogens with one attached hydrogen (secondary N) is 1. The summed E-state index contributed by atoms with van der Waals surface area (Å²) in [6.07, 6.45) is 5.70. The van der Waals surface area contributed by atoms with Crippen LogP contribution in [0.4, 0.5) is 0 Å². The van der Waals surface area contributed by atoms with Crippen LogP contribution in [0.1, 0.15) is 17.7 Å². The molecule has 4 heteroatoms. The van der Waals surface area contributed by atoms with Gasteiger partial charge in [-0.05, 0) is 18.4 Å². The van der Waals surface area contributed by atoms with Crippen molar-refractivity contribution >= 4 is 5.70 Å². The summed E-state index contributed by atoms with van der Waals surface area (Å²) >= 11 is 0. The Morgan fingerprint density at radius 1 is 1.43 bits per heavy atom. The zero-order chi connectivity index (χ0) is 9.54. The van der Waals surface area contributed by atoms with Crippen molar-refractivity contribution in [3.05, 3.63) is 29.5 Å². The van der Waals surface area contributed by atoms with Crippen molar-refractivity contribution in [2.24, 2.45) is 0 Å². The molecule has 0 aromatic carbocycles. The van der Waals surface area contributed by atoms with Crippen LogP contribution in [-0.4, -0.2) is 28.6 Å². The monoisotopic (exact) mass is 188 g/mol. The van der Waals surface area contributed by atoms with Gasteiger partial charge in [0.05, 0.1) is 18.1 Å². The van der Waals surface area contributed by atoms with E-state index in [4.69, 9.17) is 0 Å². The van der Waals surface area contributed by atoms with Crippen LogP contribution in [0.2, 0.25) is 0 Å². The number of aryl methyl sites for hydroxylation is 1. The average molecular weight is 188 g/mol.